The monoisotopic (exact) mass is 357 g/mol. The average Bonchev–Trinajstić information content (AvgIpc) is 2.43. The van der Waals surface area contributed by atoms with Crippen molar-refractivity contribution in [3.8, 4) is 0 Å². The van der Waals surface area contributed by atoms with Crippen molar-refractivity contribution >= 4 is 39.1 Å². The Morgan fingerprint density at radius 1 is 1.11 bits per heavy atom. The SMILES string of the molecule is ClCC(Cc1ccc(Br)cn1)Cc1ccccc1Cl. The van der Waals surface area contributed by atoms with Crippen LogP contribution in [0.4, 0.5) is 0 Å². The quantitative estimate of drug-likeness (QED) is 0.674. The molecule has 1 atom stereocenters. The summed E-state index contributed by atoms with van der Waals surface area (Å²) in [4.78, 5) is 4.39. The molecule has 2 rings (SSSR count). The Labute approximate surface area is 132 Å². The van der Waals surface area contributed by atoms with Crippen molar-refractivity contribution in [1.29, 1.82) is 0 Å². The summed E-state index contributed by atoms with van der Waals surface area (Å²) in [6, 6.07) is 11.9. The van der Waals surface area contributed by atoms with Crippen LogP contribution in [0.25, 0.3) is 0 Å². The number of nitrogens with zero attached hydrogens (tertiary/aromatic N) is 1. The van der Waals surface area contributed by atoms with Crippen LogP contribution < -0.4 is 0 Å². The summed E-state index contributed by atoms with van der Waals surface area (Å²) in [7, 11) is 0. The predicted octanol–water partition coefficient (Wildman–Crippen LogP) is 5.14. The van der Waals surface area contributed by atoms with Crippen molar-refractivity contribution in [2.24, 2.45) is 5.92 Å². The van der Waals surface area contributed by atoms with Gasteiger partial charge in [-0.05, 0) is 58.5 Å². The summed E-state index contributed by atoms with van der Waals surface area (Å²) < 4.78 is 0.991. The minimum Gasteiger partial charge on any atom is -0.260 e. The molecule has 0 radical (unpaired) electrons. The van der Waals surface area contributed by atoms with Gasteiger partial charge in [0.2, 0.25) is 0 Å². The third kappa shape index (κ3) is 4.48. The number of benzene rings is 1. The second-order valence-corrected chi connectivity index (χ2v) is 6.12. The summed E-state index contributed by atoms with van der Waals surface area (Å²) >= 11 is 15.6. The lowest BCUT2D eigenvalue weighted by atomic mass is 9.96. The van der Waals surface area contributed by atoms with Crippen molar-refractivity contribution in [2.45, 2.75) is 12.8 Å². The second-order valence-electron chi connectivity index (χ2n) is 4.49. The number of pyridine rings is 1. The van der Waals surface area contributed by atoms with Gasteiger partial charge in [-0.15, -0.1) is 11.6 Å². The zero-order valence-electron chi connectivity index (χ0n) is 10.3. The third-order valence-corrected chi connectivity index (χ3v) is 4.25. The lowest BCUT2D eigenvalue weighted by molar-refractivity contribution is 0.575. The van der Waals surface area contributed by atoms with E-state index in [1.807, 2.05) is 36.5 Å². The van der Waals surface area contributed by atoms with Crippen molar-refractivity contribution in [3.05, 3.63) is 63.3 Å². The van der Waals surface area contributed by atoms with Gasteiger partial charge in [0.1, 0.15) is 0 Å². The minimum atomic E-state index is 0.343. The van der Waals surface area contributed by atoms with Gasteiger partial charge in [-0.1, -0.05) is 29.8 Å². The van der Waals surface area contributed by atoms with Gasteiger partial charge in [-0.3, -0.25) is 4.98 Å². The molecule has 0 aliphatic carbocycles. The molecule has 1 heterocycles. The normalized spacial score (nSPS) is 12.4. The van der Waals surface area contributed by atoms with Crippen molar-refractivity contribution in [1.82, 2.24) is 4.98 Å². The standard InChI is InChI=1S/C15H14BrCl2N/c16-13-5-6-14(19-10-13)8-11(9-17)7-12-3-1-2-4-15(12)18/h1-6,10-11H,7-9H2. The predicted molar refractivity (Wildman–Crippen MR) is 85.0 cm³/mol. The number of hydrogen-bond donors (Lipinski definition) is 0. The van der Waals surface area contributed by atoms with E-state index in [9.17, 15) is 0 Å². The number of halogens is 3. The molecule has 100 valence electrons. The van der Waals surface area contributed by atoms with Crippen LogP contribution in [0.15, 0.2) is 47.1 Å². The Morgan fingerprint density at radius 3 is 2.53 bits per heavy atom. The van der Waals surface area contributed by atoms with Gasteiger partial charge in [-0.2, -0.15) is 0 Å². The molecule has 0 amide bonds. The highest BCUT2D eigenvalue weighted by atomic mass is 79.9. The molecular formula is C15H14BrCl2N. The molecule has 0 bridgehead atoms. The highest BCUT2D eigenvalue weighted by molar-refractivity contribution is 9.10. The molecule has 0 aliphatic heterocycles. The van der Waals surface area contributed by atoms with E-state index in [1.54, 1.807) is 0 Å². The molecule has 19 heavy (non-hydrogen) atoms. The maximum absolute atomic E-state index is 6.18. The molecule has 1 unspecified atom stereocenters. The molecule has 1 aromatic heterocycles. The zero-order valence-corrected chi connectivity index (χ0v) is 13.4. The largest absolute Gasteiger partial charge is 0.260 e. The van der Waals surface area contributed by atoms with Crippen molar-refractivity contribution in [2.75, 3.05) is 5.88 Å². The molecule has 0 fully saturated rings. The maximum Gasteiger partial charge on any atom is 0.0438 e. The van der Waals surface area contributed by atoms with E-state index in [-0.39, 0.29) is 0 Å². The fraction of sp³-hybridized carbons (Fsp3) is 0.267. The molecule has 1 nitrogen and oxygen atoms in total. The first-order valence-corrected chi connectivity index (χ1v) is 7.79. The average molecular weight is 359 g/mol. The molecular weight excluding hydrogens is 345 g/mol. The summed E-state index contributed by atoms with van der Waals surface area (Å²) in [5.74, 6) is 0.943. The first-order chi connectivity index (χ1) is 9.19. The van der Waals surface area contributed by atoms with E-state index < -0.39 is 0 Å². The minimum absolute atomic E-state index is 0.343. The Kier molecular flexibility index (Phi) is 5.68. The fourth-order valence-electron chi connectivity index (χ4n) is 1.98. The van der Waals surface area contributed by atoms with Crippen LogP contribution in [-0.2, 0) is 12.8 Å². The topological polar surface area (TPSA) is 12.9 Å². The van der Waals surface area contributed by atoms with E-state index in [2.05, 4.69) is 27.0 Å². The van der Waals surface area contributed by atoms with Gasteiger partial charge in [-0.25, -0.2) is 0 Å². The van der Waals surface area contributed by atoms with Crippen molar-refractivity contribution in [3.63, 3.8) is 0 Å². The van der Waals surface area contributed by atoms with E-state index >= 15 is 0 Å². The van der Waals surface area contributed by atoms with Gasteiger partial charge in [0.15, 0.2) is 0 Å². The number of alkyl halides is 1. The van der Waals surface area contributed by atoms with Crippen LogP contribution in [0.1, 0.15) is 11.3 Å². The second kappa shape index (κ2) is 7.28. The Morgan fingerprint density at radius 2 is 1.89 bits per heavy atom. The molecule has 0 N–H and O–H groups in total. The zero-order chi connectivity index (χ0) is 13.7. The molecule has 0 aliphatic rings. The Balaban J connectivity index is 2.05. The highest BCUT2D eigenvalue weighted by Gasteiger charge is 2.12. The smallest absolute Gasteiger partial charge is 0.0438 e. The maximum atomic E-state index is 6.18. The summed E-state index contributed by atoms with van der Waals surface area (Å²) in [5, 5.41) is 0.807. The fourth-order valence-corrected chi connectivity index (χ4v) is 2.64. The number of aromatic nitrogens is 1. The Hall–Kier alpha value is -0.570. The van der Waals surface area contributed by atoms with Gasteiger partial charge < -0.3 is 0 Å². The van der Waals surface area contributed by atoms with Gasteiger partial charge in [0, 0.05) is 27.3 Å². The highest BCUT2D eigenvalue weighted by Crippen LogP contribution is 2.22. The molecule has 0 saturated heterocycles. The molecule has 1 aromatic carbocycles. The lowest BCUT2D eigenvalue weighted by Crippen LogP contribution is -2.11. The Bertz CT molecular complexity index is 528. The summed E-state index contributed by atoms with van der Waals surface area (Å²) in [6.07, 6.45) is 3.55. The van der Waals surface area contributed by atoms with E-state index in [0.717, 1.165) is 33.6 Å². The van der Waals surface area contributed by atoms with Crippen molar-refractivity contribution < 1.29 is 0 Å². The van der Waals surface area contributed by atoms with Gasteiger partial charge in [0.05, 0.1) is 0 Å². The van der Waals surface area contributed by atoms with Crippen LogP contribution in [0, 0.1) is 5.92 Å². The van der Waals surface area contributed by atoms with E-state index in [1.165, 1.54) is 0 Å². The van der Waals surface area contributed by atoms with Crippen LogP contribution >= 0.6 is 39.1 Å². The van der Waals surface area contributed by atoms with Gasteiger partial charge >= 0.3 is 0 Å². The lowest BCUT2D eigenvalue weighted by Gasteiger charge is -2.14. The van der Waals surface area contributed by atoms with E-state index in [4.69, 9.17) is 23.2 Å². The molecule has 0 saturated carbocycles. The molecule has 4 heteroatoms. The van der Waals surface area contributed by atoms with Crippen LogP contribution in [0.2, 0.25) is 5.02 Å². The van der Waals surface area contributed by atoms with Crippen LogP contribution in [-0.4, -0.2) is 10.9 Å². The third-order valence-electron chi connectivity index (χ3n) is 2.97. The summed E-state index contributed by atoms with van der Waals surface area (Å²) in [6.45, 7) is 0. The van der Waals surface area contributed by atoms with Gasteiger partial charge in [0.25, 0.3) is 0 Å². The first kappa shape index (κ1) is 14.8. The molecule has 2 aromatic rings. The van der Waals surface area contributed by atoms with E-state index in [0.29, 0.717) is 11.8 Å². The van der Waals surface area contributed by atoms with Crippen LogP contribution in [0.3, 0.4) is 0 Å². The first-order valence-electron chi connectivity index (χ1n) is 6.09. The molecule has 0 spiro atoms. The summed E-state index contributed by atoms with van der Waals surface area (Å²) in [5.41, 5.74) is 2.20. The number of hydrogen-bond acceptors (Lipinski definition) is 1. The number of rotatable bonds is 5. The van der Waals surface area contributed by atoms with Crippen LogP contribution in [0.5, 0.6) is 0 Å².